The van der Waals surface area contributed by atoms with Crippen LogP contribution < -0.4 is 5.32 Å². The molecule has 0 spiro atoms. The Hall–Kier alpha value is -3.04. The molecule has 2 aromatic rings. The highest BCUT2D eigenvalue weighted by atomic mass is 32.2. The SMILES string of the molecule is O=C(COC(=O)/C=C/c1ccccc1F)Nc1cccc(S(=O)(=O)N2CCCC2)c1. The summed E-state index contributed by atoms with van der Waals surface area (Å²) < 4.78 is 45.0. The molecule has 0 bridgehead atoms. The Labute approximate surface area is 174 Å². The molecule has 3 rings (SSSR count). The molecule has 1 aliphatic rings. The van der Waals surface area contributed by atoms with Crippen LogP contribution in [0.5, 0.6) is 0 Å². The molecule has 0 atom stereocenters. The molecule has 1 heterocycles. The molecule has 7 nitrogen and oxygen atoms in total. The highest BCUT2D eigenvalue weighted by Gasteiger charge is 2.27. The van der Waals surface area contributed by atoms with Crippen LogP contribution in [0.2, 0.25) is 0 Å². The number of amides is 1. The molecule has 0 radical (unpaired) electrons. The Morgan fingerprint density at radius 3 is 2.57 bits per heavy atom. The number of anilines is 1. The van der Waals surface area contributed by atoms with Crippen LogP contribution in [0.3, 0.4) is 0 Å². The molecule has 1 saturated heterocycles. The molecule has 0 aromatic heterocycles. The second kappa shape index (κ2) is 9.64. The minimum atomic E-state index is -3.60. The summed E-state index contributed by atoms with van der Waals surface area (Å²) in [7, 11) is -3.60. The lowest BCUT2D eigenvalue weighted by atomic mass is 10.2. The van der Waals surface area contributed by atoms with E-state index in [1.54, 1.807) is 12.1 Å². The van der Waals surface area contributed by atoms with E-state index in [1.807, 2.05) is 0 Å². The number of esters is 1. The van der Waals surface area contributed by atoms with Crippen molar-refractivity contribution in [2.45, 2.75) is 17.7 Å². The Kier molecular flexibility index (Phi) is 6.96. The largest absolute Gasteiger partial charge is 0.452 e. The molecular formula is C21H21FN2O5S. The summed E-state index contributed by atoms with van der Waals surface area (Å²) in [6.45, 7) is 0.397. The van der Waals surface area contributed by atoms with Gasteiger partial charge in [-0.3, -0.25) is 4.79 Å². The van der Waals surface area contributed by atoms with Gasteiger partial charge < -0.3 is 10.1 Å². The third-order valence-electron chi connectivity index (χ3n) is 4.47. The van der Waals surface area contributed by atoms with Crippen molar-refractivity contribution in [3.63, 3.8) is 0 Å². The molecule has 2 aromatic carbocycles. The average Bonchev–Trinajstić information content (AvgIpc) is 3.28. The summed E-state index contributed by atoms with van der Waals surface area (Å²) >= 11 is 0. The zero-order valence-corrected chi connectivity index (χ0v) is 16.9. The zero-order valence-electron chi connectivity index (χ0n) is 16.1. The van der Waals surface area contributed by atoms with Crippen molar-refractivity contribution in [2.75, 3.05) is 25.0 Å². The molecule has 1 aliphatic heterocycles. The number of carbonyl (C=O) groups is 2. The molecule has 30 heavy (non-hydrogen) atoms. The van der Waals surface area contributed by atoms with Gasteiger partial charge in [0.1, 0.15) is 5.82 Å². The monoisotopic (exact) mass is 432 g/mol. The van der Waals surface area contributed by atoms with Crippen LogP contribution >= 0.6 is 0 Å². The number of ether oxygens (including phenoxy) is 1. The van der Waals surface area contributed by atoms with Gasteiger partial charge in [-0.05, 0) is 43.2 Å². The van der Waals surface area contributed by atoms with Crippen LogP contribution in [0.4, 0.5) is 10.1 Å². The molecule has 158 valence electrons. The van der Waals surface area contributed by atoms with E-state index in [0.717, 1.165) is 18.9 Å². The Bertz CT molecular complexity index is 1060. The van der Waals surface area contributed by atoms with Crippen molar-refractivity contribution in [3.8, 4) is 0 Å². The summed E-state index contributed by atoms with van der Waals surface area (Å²) in [6, 6.07) is 11.8. The van der Waals surface area contributed by atoms with Gasteiger partial charge in [-0.1, -0.05) is 24.3 Å². The van der Waals surface area contributed by atoms with Crippen LogP contribution in [-0.4, -0.2) is 44.3 Å². The van der Waals surface area contributed by atoms with E-state index in [2.05, 4.69) is 5.32 Å². The van der Waals surface area contributed by atoms with Crippen molar-refractivity contribution in [2.24, 2.45) is 0 Å². The van der Waals surface area contributed by atoms with Gasteiger partial charge >= 0.3 is 5.97 Å². The molecule has 1 fully saturated rings. The molecule has 0 saturated carbocycles. The fraction of sp³-hybridized carbons (Fsp3) is 0.238. The van der Waals surface area contributed by atoms with E-state index in [9.17, 15) is 22.4 Å². The smallest absolute Gasteiger partial charge is 0.331 e. The highest BCUT2D eigenvalue weighted by molar-refractivity contribution is 7.89. The maximum absolute atomic E-state index is 13.5. The second-order valence-electron chi connectivity index (χ2n) is 6.65. The number of hydrogen-bond donors (Lipinski definition) is 1. The van der Waals surface area contributed by atoms with Gasteiger partial charge in [-0.25, -0.2) is 17.6 Å². The third kappa shape index (κ3) is 5.52. The van der Waals surface area contributed by atoms with Crippen LogP contribution in [0.1, 0.15) is 18.4 Å². The van der Waals surface area contributed by atoms with Crippen LogP contribution in [0, 0.1) is 5.82 Å². The van der Waals surface area contributed by atoms with Gasteiger partial charge in [0, 0.05) is 30.4 Å². The second-order valence-corrected chi connectivity index (χ2v) is 8.59. The number of halogens is 1. The van der Waals surface area contributed by atoms with E-state index >= 15 is 0 Å². The Morgan fingerprint density at radius 2 is 1.83 bits per heavy atom. The first-order chi connectivity index (χ1) is 14.4. The molecular weight excluding hydrogens is 411 g/mol. The van der Waals surface area contributed by atoms with Crippen molar-refractivity contribution < 1.29 is 27.1 Å². The van der Waals surface area contributed by atoms with Gasteiger partial charge in [0.15, 0.2) is 6.61 Å². The number of hydrogen-bond acceptors (Lipinski definition) is 5. The fourth-order valence-electron chi connectivity index (χ4n) is 2.96. The number of nitrogens with zero attached hydrogens (tertiary/aromatic N) is 1. The lowest BCUT2D eigenvalue weighted by Gasteiger charge is -2.16. The average molecular weight is 432 g/mol. The molecule has 0 unspecified atom stereocenters. The molecule has 1 amide bonds. The maximum Gasteiger partial charge on any atom is 0.331 e. The minimum Gasteiger partial charge on any atom is -0.452 e. The topological polar surface area (TPSA) is 92.8 Å². The lowest BCUT2D eigenvalue weighted by Crippen LogP contribution is -2.28. The Morgan fingerprint density at radius 1 is 1.10 bits per heavy atom. The number of sulfonamides is 1. The number of carbonyl (C=O) groups excluding carboxylic acids is 2. The lowest BCUT2D eigenvalue weighted by molar-refractivity contribution is -0.142. The summed E-state index contributed by atoms with van der Waals surface area (Å²) in [5.41, 5.74) is 0.494. The third-order valence-corrected chi connectivity index (χ3v) is 6.36. The van der Waals surface area contributed by atoms with Crippen LogP contribution in [0.15, 0.2) is 59.5 Å². The first kappa shape index (κ1) is 21.7. The number of rotatable bonds is 7. The van der Waals surface area contributed by atoms with Gasteiger partial charge in [0.05, 0.1) is 4.90 Å². The predicted octanol–water partition coefficient (Wildman–Crippen LogP) is 2.81. The molecule has 9 heteroatoms. The predicted molar refractivity (Wildman–Crippen MR) is 109 cm³/mol. The normalized spacial score (nSPS) is 14.7. The summed E-state index contributed by atoms with van der Waals surface area (Å²) in [6.07, 6.45) is 3.93. The summed E-state index contributed by atoms with van der Waals surface area (Å²) in [5, 5.41) is 2.50. The van der Waals surface area contributed by atoms with E-state index in [-0.39, 0.29) is 16.1 Å². The maximum atomic E-state index is 13.5. The Balaban J connectivity index is 1.55. The van der Waals surface area contributed by atoms with Crippen molar-refractivity contribution >= 4 is 33.7 Å². The van der Waals surface area contributed by atoms with Gasteiger partial charge in [0.2, 0.25) is 10.0 Å². The summed E-state index contributed by atoms with van der Waals surface area (Å²) in [4.78, 5) is 23.8. The van der Waals surface area contributed by atoms with Crippen LogP contribution in [-0.2, 0) is 24.3 Å². The quantitative estimate of drug-likeness (QED) is 0.537. The van der Waals surface area contributed by atoms with E-state index in [4.69, 9.17) is 4.74 Å². The van der Waals surface area contributed by atoms with Crippen molar-refractivity contribution in [1.82, 2.24) is 4.31 Å². The van der Waals surface area contributed by atoms with Gasteiger partial charge in [0.25, 0.3) is 5.91 Å². The van der Waals surface area contributed by atoms with E-state index < -0.39 is 34.3 Å². The number of benzene rings is 2. The fourth-order valence-corrected chi connectivity index (χ4v) is 4.53. The number of nitrogens with one attached hydrogen (secondary N) is 1. The first-order valence-electron chi connectivity index (χ1n) is 9.36. The van der Waals surface area contributed by atoms with Crippen molar-refractivity contribution in [1.29, 1.82) is 0 Å². The minimum absolute atomic E-state index is 0.0898. The first-order valence-corrected chi connectivity index (χ1v) is 10.8. The van der Waals surface area contributed by atoms with Crippen LogP contribution in [0.25, 0.3) is 6.08 Å². The summed E-state index contributed by atoms with van der Waals surface area (Å²) in [5.74, 6) is -1.92. The van der Waals surface area contributed by atoms with Crippen molar-refractivity contribution in [3.05, 3.63) is 66.0 Å². The van der Waals surface area contributed by atoms with Gasteiger partial charge in [-0.2, -0.15) is 4.31 Å². The molecule has 1 N–H and O–H groups in total. The zero-order chi connectivity index (χ0) is 21.6. The standard InChI is InChI=1S/C21H21FN2O5S/c22-19-9-2-1-6-16(19)10-11-21(26)29-15-20(25)23-17-7-5-8-18(14-17)30(27,28)24-12-3-4-13-24/h1-2,5-11,14H,3-4,12-13,15H2,(H,23,25)/b11-10+. The van der Waals surface area contributed by atoms with E-state index in [1.165, 1.54) is 46.8 Å². The van der Waals surface area contributed by atoms with E-state index in [0.29, 0.717) is 13.1 Å². The molecule has 0 aliphatic carbocycles. The van der Waals surface area contributed by atoms with Gasteiger partial charge in [-0.15, -0.1) is 0 Å². The highest BCUT2D eigenvalue weighted by Crippen LogP contribution is 2.23.